The predicted molar refractivity (Wildman–Crippen MR) is 87.3 cm³/mol. The molecule has 1 N–H and O–H groups in total. The minimum absolute atomic E-state index is 0. The molecule has 0 unspecified atom stereocenters. The van der Waals surface area contributed by atoms with E-state index in [0.717, 1.165) is 25.2 Å². The number of carbonyl (C=O) groups is 1. The standard InChI is InChI=1S/C16H16N2OS.ClH/c19-16(12-5-6-20-10-12)18-8-14-13-4-2-1-3-11(13)7-17-15(14)9-18;/h1-6,10,14-15,17H,7-9H2;1H/t14-,15+;/m0./s1. The number of carbonyl (C=O) groups excluding carboxylic acids is 1. The van der Waals surface area contributed by atoms with Crippen molar-refractivity contribution in [3.63, 3.8) is 0 Å². The molecule has 0 aliphatic carbocycles. The van der Waals surface area contributed by atoms with E-state index in [4.69, 9.17) is 0 Å². The number of halogens is 1. The van der Waals surface area contributed by atoms with Gasteiger partial charge in [0.15, 0.2) is 0 Å². The van der Waals surface area contributed by atoms with Crippen molar-refractivity contribution in [2.45, 2.75) is 18.5 Å². The topological polar surface area (TPSA) is 32.3 Å². The van der Waals surface area contributed by atoms with Crippen LogP contribution >= 0.6 is 23.7 Å². The molecule has 0 radical (unpaired) electrons. The zero-order chi connectivity index (χ0) is 13.5. The normalized spacial score (nSPS) is 23.1. The lowest BCUT2D eigenvalue weighted by atomic mass is 9.87. The number of thiophene rings is 1. The molecule has 3 nitrogen and oxygen atoms in total. The summed E-state index contributed by atoms with van der Waals surface area (Å²) in [6.07, 6.45) is 0. The molecule has 5 heteroatoms. The molecule has 2 aromatic rings. The van der Waals surface area contributed by atoms with E-state index < -0.39 is 0 Å². The fourth-order valence-electron chi connectivity index (χ4n) is 3.36. The maximum Gasteiger partial charge on any atom is 0.254 e. The van der Waals surface area contributed by atoms with Crippen LogP contribution in [0.2, 0.25) is 0 Å². The highest BCUT2D eigenvalue weighted by atomic mass is 35.5. The zero-order valence-corrected chi connectivity index (χ0v) is 13.1. The van der Waals surface area contributed by atoms with Gasteiger partial charge in [0, 0.05) is 37.0 Å². The lowest BCUT2D eigenvalue weighted by molar-refractivity contribution is 0.0788. The number of likely N-dealkylation sites (tertiary alicyclic amines) is 1. The van der Waals surface area contributed by atoms with E-state index in [9.17, 15) is 4.79 Å². The number of nitrogens with one attached hydrogen (secondary N) is 1. The van der Waals surface area contributed by atoms with Gasteiger partial charge < -0.3 is 10.2 Å². The van der Waals surface area contributed by atoms with Crippen molar-refractivity contribution >= 4 is 29.7 Å². The minimum Gasteiger partial charge on any atom is -0.336 e. The van der Waals surface area contributed by atoms with Gasteiger partial charge in [-0.05, 0) is 22.6 Å². The molecule has 2 atom stereocenters. The number of hydrogen-bond acceptors (Lipinski definition) is 3. The molecule has 110 valence electrons. The first kappa shape index (κ1) is 14.6. The van der Waals surface area contributed by atoms with Crippen molar-refractivity contribution in [2.24, 2.45) is 0 Å². The molecule has 1 fully saturated rings. The van der Waals surface area contributed by atoms with Crippen LogP contribution in [0.1, 0.15) is 27.4 Å². The fourth-order valence-corrected chi connectivity index (χ4v) is 3.99. The van der Waals surface area contributed by atoms with Crippen molar-refractivity contribution in [2.75, 3.05) is 13.1 Å². The van der Waals surface area contributed by atoms with Gasteiger partial charge in [0.2, 0.25) is 0 Å². The highest BCUT2D eigenvalue weighted by molar-refractivity contribution is 7.08. The first-order valence-corrected chi connectivity index (χ1v) is 7.90. The minimum atomic E-state index is 0. The maximum absolute atomic E-state index is 12.5. The van der Waals surface area contributed by atoms with E-state index in [1.165, 1.54) is 11.1 Å². The van der Waals surface area contributed by atoms with Crippen molar-refractivity contribution < 1.29 is 4.79 Å². The summed E-state index contributed by atoms with van der Waals surface area (Å²) in [5.74, 6) is 0.600. The van der Waals surface area contributed by atoms with Crippen molar-refractivity contribution in [3.05, 3.63) is 57.8 Å². The largest absolute Gasteiger partial charge is 0.336 e. The van der Waals surface area contributed by atoms with Crippen LogP contribution in [0.4, 0.5) is 0 Å². The molecule has 4 rings (SSSR count). The molecular formula is C16H17ClN2OS. The number of rotatable bonds is 1. The average molecular weight is 321 g/mol. The third kappa shape index (κ3) is 2.48. The van der Waals surface area contributed by atoms with Gasteiger partial charge in [0.25, 0.3) is 5.91 Å². The Morgan fingerprint density at radius 2 is 2.10 bits per heavy atom. The van der Waals surface area contributed by atoms with Gasteiger partial charge in [-0.25, -0.2) is 0 Å². The fraction of sp³-hybridized carbons (Fsp3) is 0.312. The van der Waals surface area contributed by atoms with Gasteiger partial charge in [-0.3, -0.25) is 4.79 Å². The molecule has 0 saturated carbocycles. The van der Waals surface area contributed by atoms with Crippen LogP contribution in [-0.4, -0.2) is 29.9 Å². The van der Waals surface area contributed by atoms with Crippen LogP contribution < -0.4 is 5.32 Å². The molecular weight excluding hydrogens is 304 g/mol. The summed E-state index contributed by atoms with van der Waals surface area (Å²) in [5, 5.41) is 7.47. The van der Waals surface area contributed by atoms with E-state index in [0.29, 0.717) is 12.0 Å². The van der Waals surface area contributed by atoms with E-state index in [1.54, 1.807) is 11.3 Å². The number of nitrogens with zero attached hydrogens (tertiary/aromatic N) is 1. The lowest BCUT2D eigenvalue weighted by Gasteiger charge is -2.28. The van der Waals surface area contributed by atoms with Gasteiger partial charge in [-0.15, -0.1) is 12.4 Å². The van der Waals surface area contributed by atoms with E-state index in [1.807, 2.05) is 21.7 Å². The van der Waals surface area contributed by atoms with Gasteiger partial charge in [0.1, 0.15) is 0 Å². The monoisotopic (exact) mass is 320 g/mol. The molecule has 0 spiro atoms. The number of benzene rings is 1. The van der Waals surface area contributed by atoms with Crippen molar-refractivity contribution in [1.82, 2.24) is 10.2 Å². The Hall–Kier alpha value is -1.36. The Balaban J connectivity index is 0.00000132. The van der Waals surface area contributed by atoms with E-state index in [-0.39, 0.29) is 18.3 Å². The van der Waals surface area contributed by atoms with E-state index >= 15 is 0 Å². The first-order valence-electron chi connectivity index (χ1n) is 6.95. The zero-order valence-electron chi connectivity index (χ0n) is 11.5. The van der Waals surface area contributed by atoms with Gasteiger partial charge in [0.05, 0.1) is 5.56 Å². The Morgan fingerprint density at radius 3 is 2.90 bits per heavy atom. The Kier molecular flexibility index (Phi) is 4.02. The van der Waals surface area contributed by atoms with Crippen molar-refractivity contribution in [3.8, 4) is 0 Å². The third-order valence-corrected chi connectivity index (χ3v) is 5.07. The molecule has 1 amide bonds. The molecule has 0 bridgehead atoms. The summed E-state index contributed by atoms with van der Waals surface area (Å²) in [6, 6.07) is 10.9. The molecule has 2 aliphatic heterocycles. The number of hydrogen-bond donors (Lipinski definition) is 1. The number of fused-ring (bicyclic) bond motifs is 3. The highest BCUT2D eigenvalue weighted by Gasteiger charge is 2.39. The van der Waals surface area contributed by atoms with Crippen LogP contribution in [0.15, 0.2) is 41.1 Å². The van der Waals surface area contributed by atoms with Crippen LogP contribution in [0.5, 0.6) is 0 Å². The van der Waals surface area contributed by atoms with Gasteiger partial charge in [-0.1, -0.05) is 24.3 Å². The summed E-state index contributed by atoms with van der Waals surface area (Å²) in [7, 11) is 0. The second-order valence-electron chi connectivity index (χ2n) is 5.51. The van der Waals surface area contributed by atoms with Crippen LogP contribution in [0, 0.1) is 0 Å². The van der Waals surface area contributed by atoms with Crippen LogP contribution in [0.3, 0.4) is 0 Å². The summed E-state index contributed by atoms with van der Waals surface area (Å²) in [6.45, 7) is 2.55. The maximum atomic E-state index is 12.5. The average Bonchev–Trinajstić information content (AvgIpc) is 3.15. The Labute approximate surface area is 134 Å². The SMILES string of the molecule is Cl.O=C(c1ccsc1)N1C[C@H]2NCc3ccccc3[C@@H]2C1. The molecule has 3 heterocycles. The predicted octanol–water partition coefficient (Wildman–Crippen LogP) is 2.88. The van der Waals surface area contributed by atoms with Crippen LogP contribution in [-0.2, 0) is 6.54 Å². The molecule has 1 saturated heterocycles. The van der Waals surface area contributed by atoms with Gasteiger partial charge >= 0.3 is 0 Å². The second kappa shape index (κ2) is 5.79. The summed E-state index contributed by atoms with van der Waals surface area (Å²) >= 11 is 1.58. The van der Waals surface area contributed by atoms with Crippen LogP contribution in [0.25, 0.3) is 0 Å². The Morgan fingerprint density at radius 1 is 1.24 bits per heavy atom. The Bertz CT molecular complexity index is 643. The summed E-state index contributed by atoms with van der Waals surface area (Å²) < 4.78 is 0. The smallest absolute Gasteiger partial charge is 0.254 e. The third-order valence-electron chi connectivity index (χ3n) is 4.38. The molecule has 2 aliphatic rings. The first-order chi connectivity index (χ1) is 9.83. The summed E-state index contributed by atoms with van der Waals surface area (Å²) in [4.78, 5) is 14.5. The number of amides is 1. The molecule has 1 aromatic heterocycles. The lowest BCUT2D eigenvalue weighted by Crippen LogP contribution is -2.39. The van der Waals surface area contributed by atoms with Gasteiger partial charge in [-0.2, -0.15) is 11.3 Å². The highest BCUT2D eigenvalue weighted by Crippen LogP contribution is 2.34. The van der Waals surface area contributed by atoms with E-state index in [2.05, 4.69) is 29.6 Å². The van der Waals surface area contributed by atoms with Crippen molar-refractivity contribution in [1.29, 1.82) is 0 Å². The molecule has 1 aromatic carbocycles. The molecule has 21 heavy (non-hydrogen) atoms. The second-order valence-corrected chi connectivity index (χ2v) is 6.29. The summed E-state index contributed by atoms with van der Waals surface area (Å²) in [5.41, 5.74) is 3.61. The quantitative estimate of drug-likeness (QED) is 0.876.